The van der Waals surface area contributed by atoms with Crippen LogP contribution in [0.3, 0.4) is 0 Å². The van der Waals surface area contributed by atoms with Gasteiger partial charge in [0, 0.05) is 44.2 Å². The van der Waals surface area contributed by atoms with Crippen molar-refractivity contribution in [3.05, 3.63) is 234 Å². The number of fused-ring (bicyclic) bond motifs is 6. The Kier molecular flexibility index (Phi) is 14.0. The van der Waals surface area contributed by atoms with Gasteiger partial charge >= 0.3 is 0 Å². The Morgan fingerprint density at radius 1 is 0.393 bits per heavy atom. The third kappa shape index (κ3) is 10.4. The molecule has 0 spiro atoms. The van der Waals surface area contributed by atoms with Crippen LogP contribution in [0.4, 0.5) is 0 Å². The van der Waals surface area contributed by atoms with E-state index in [1.807, 2.05) is 0 Å². The number of hydrogen-bond donors (Lipinski definition) is 1. The first-order valence-electron chi connectivity index (χ1n) is 31.5. The molecule has 13 aromatic rings. The smallest absolute Gasteiger partial charge is 0.161 e. The second-order valence-electron chi connectivity index (χ2n) is 29.8. The van der Waals surface area contributed by atoms with Crippen molar-refractivity contribution < 1.29 is 9.52 Å². The Balaban J connectivity index is 1.16. The van der Waals surface area contributed by atoms with Gasteiger partial charge in [0.15, 0.2) is 5.58 Å². The Hall–Kier alpha value is -9.26. The summed E-state index contributed by atoms with van der Waals surface area (Å²) >= 11 is 0. The zero-order chi connectivity index (χ0) is 62.9. The van der Waals surface area contributed by atoms with Crippen molar-refractivity contribution in [2.24, 2.45) is 0 Å². The van der Waals surface area contributed by atoms with Crippen LogP contribution in [0.5, 0.6) is 5.75 Å². The normalized spacial score (nSPS) is 12.8. The Labute approximate surface area is 525 Å². The zero-order valence-electron chi connectivity index (χ0n) is 54.7. The van der Waals surface area contributed by atoms with E-state index in [1.165, 1.54) is 11.1 Å². The summed E-state index contributed by atoms with van der Waals surface area (Å²) in [6, 6.07) is 72.7. The number of para-hydroxylation sites is 1. The number of nitrogens with zero attached hydrogens (tertiary/aromatic N) is 4. The third-order valence-electron chi connectivity index (χ3n) is 18.1. The number of imidazole rings is 2. The number of phenols is 1. The van der Waals surface area contributed by atoms with Gasteiger partial charge in [-0.05, 0) is 139 Å². The SMILES string of the molecule is Cc1ccc2c(nc(-c3cc(C(C)(C)C)cc(C(C)(C)C)c3O)n2-c2ccc(C(C)(C)C)cc2-c2ccccc2)c1-c1cc(-c2nc3ccc4c5ccc(C(C)(C)C)cc5oc4c3n2-c2c(-c3ccccc3)cccc2-c2ccccc2)cc(C(C)(C)C)c1. The first kappa shape index (κ1) is 58.7. The van der Waals surface area contributed by atoms with E-state index in [1.54, 1.807) is 0 Å². The number of phenolic OH excluding ortho intramolecular Hbond substituents is 1. The molecule has 0 radical (unpaired) electrons. The fraction of sp³-hybridized carbons (Fsp3) is 0.253. The third-order valence-corrected chi connectivity index (χ3v) is 18.1. The van der Waals surface area contributed by atoms with Crippen molar-refractivity contribution in [3.63, 3.8) is 0 Å². The van der Waals surface area contributed by atoms with E-state index in [0.717, 1.165) is 134 Å². The number of hydrogen-bond acceptors (Lipinski definition) is 4. The molecule has 0 bridgehead atoms. The maximum atomic E-state index is 13.0. The highest BCUT2D eigenvalue weighted by Crippen LogP contribution is 2.49. The van der Waals surface area contributed by atoms with Crippen molar-refractivity contribution in [1.29, 1.82) is 0 Å². The van der Waals surface area contributed by atoms with Gasteiger partial charge in [0.05, 0.1) is 33.5 Å². The van der Waals surface area contributed by atoms with Crippen molar-refractivity contribution >= 4 is 44.0 Å². The van der Waals surface area contributed by atoms with Gasteiger partial charge < -0.3 is 9.52 Å². The van der Waals surface area contributed by atoms with Crippen LogP contribution in [-0.4, -0.2) is 24.2 Å². The summed E-state index contributed by atoms with van der Waals surface area (Å²) in [6.07, 6.45) is 0. The summed E-state index contributed by atoms with van der Waals surface area (Å²) in [5, 5.41) is 15.1. The standard InChI is InChI=1S/C83H82N4O2/c1-50-35-41-69-72(85-78(65-47-59(82(11,12)13)48-66(75(65)88)83(14,15)16)86(69)68-42-37-56(79(2,3)4)46-64(68)53-31-24-19-25-32-53)71(50)54-43-55(45-58(44-54)81(8,9)10)77-84-67-40-39-63-62-38-36-57(80(5,6)7)49-70(62)89-76(63)74(67)87(77)73-60(51-27-20-17-21-28-51)33-26-34-61(73)52-29-22-18-23-30-52/h17-49,88H,1-16H3. The van der Waals surface area contributed by atoms with Crippen molar-refractivity contribution in [2.45, 2.75) is 138 Å². The van der Waals surface area contributed by atoms with Crippen LogP contribution in [0.2, 0.25) is 0 Å². The number of furan rings is 1. The van der Waals surface area contributed by atoms with Gasteiger partial charge in [0.25, 0.3) is 0 Å². The Bertz CT molecular complexity index is 4850. The van der Waals surface area contributed by atoms with Gasteiger partial charge in [0.1, 0.15) is 28.5 Å². The van der Waals surface area contributed by atoms with Crippen LogP contribution in [0, 0.1) is 6.92 Å². The van der Waals surface area contributed by atoms with Crippen molar-refractivity contribution in [3.8, 4) is 84.4 Å². The van der Waals surface area contributed by atoms with Crippen LogP contribution in [0.15, 0.2) is 205 Å². The van der Waals surface area contributed by atoms with Crippen LogP contribution in [-0.2, 0) is 27.1 Å². The first-order chi connectivity index (χ1) is 42.1. The number of rotatable bonds is 8. The molecule has 0 fully saturated rings. The molecule has 3 heterocycles. The summed E-state index contributed by atoms with van der Waals surface area (Å²) in [4.78, 5) is 11.8. The molecule has 0 saturated carbocycles. The van der Waals surface area contributed by atoms with E-state index >= 15 is 0 Å². The van der Waals surface area contributed by atoms with Crippen LogP contribution in [0.1, 0.15) is 137 Å². The summed E-state index contributed by atoms with van der Waals surface area (Å²) in [5.41, 5.74) is 22.8. The lowest BCUT2D eigenvalue weighted by atomic mass is 9.79. The van der Waals surface area contributed by atoms with E-state index < -0.39 is 0 Å². The summed E-state index contributed by atoms with van der Waals surface area (Å²) in [5.74, 6) is 1.70. The monoisotopic (exact) mass is 1170 g/mol. The highest BCUT2D eigenvalue weighted by atomic mass is 16.3. The van der Waals surface area contributed by atoms with Crippen molar-refractivity contribution in [2.75, 3.05) is 0 Å². The van der Waals surface area contributed by atoms with Gasteiger partial charge in [0.2, 0.25) is 0 Å². The lowest BCUT2D eigenvalue weighted by Crippen LogP contribution is -2.17. The number of aromatic hydroxyl groups is 1. The van der Waals surface area contributed by atoms with Gasteiger partial charge in [-0.15, -0.1) is 0 Å². The minimum absolute atomic E-state index is 0.0769. The molecule has 0 aliphatic heterocycles. The van der Waals surface area contributed by atoms with Gasteiger partial charge in [-0.25, -0.2) is 9.97 Å². The largest absolute Gasteiger partial charge is 0.507 e. The molecule has 89 heavy (non-hydrogen) atoms. The first-order valence-corrected chi connectivity index (χ1v) is 31.5. The highest BCUT2D eigenvalue weighted by molar-refractivity contribution is 6.15. The molecule has 0 aliphatic carbocycles. The molecule has 10 aromatic carbocycles. The average Bonchev–Trinajstić information content (AvgIpc) is 1.62. The molecule has 13 rings (SSSR count). The van der Waals surface area contributed by atoms with Crippen molar-refractivity contribution in [1.82, 2.24) is 19.1 Å². The van der Waals surface area contributed by atoms with Gasteiger partial charge in [-0.1, -0.05) is 249 Å². The molecular formula is C83H82N4O2. The predicted octanol–water partition coefficient (Wildman–Crippen LogP) is 22.8. The minimum Gasteiger partial charge on any atom is -0.507 e. The quantitative estimate of drug-likeness (QED) is 0.165. The lowest BCUT2D eigenvalue weighted by molar-refractivity contribution is 0.446. The zero-order valence-corrected chi connectivity index (χ0v) is 54.7. The molecular weight excluding hydrogens is 1080 g/mol. The molecule has 6 heteroatoms. The van der Waals surface area contributed by atoms with E-state index in [4.69, 9.17) is 14.4 Å². The van der Waals surface area contributed by atoms with Crippen LogP contribution >= 0.6 is 0 Å². The Morgan fingerprint density at radius 3 is 1.51 bits per heavy atom. The predicted molar refractivity (Wildman–Crippen MR) is 375 cm³/mol. The molecule has 446 valence electrons. The summed E-state index contributed by atoms with van der Waals surface area (Å²) < 4.78 is 12.0. The maximum Gasteiger partial charge on any atom is 0.161 e. The van der Waals surface area contributed by atoms with Crippen LogP contribution < -0.4 is 0 Å². The van der Waals surface area contributed by atoms with E-state index in [2.05, 4.69) is 320 Å². The van der Waals surface area contributed by atoms with Gasteiger partial charge in [-0.3, -0.25) is 9.13 Å². The molecule has 0 atom stereocenters. The molecule has 0 amide bonds. The highest BCUT2D eigenvalue weighted by Gasteiger charge is 2.32. The number of benzene rings is 10. The van der Waals surface area contributed by atoms with E-state index in [9.17, 15) is 5.11 Å². The fourth-order valence-electron chi connectivity index (χ4n) is 13.0. The molecule has 0 aliphatic rings. The summed E-state index contributed by atoms with van der Waals surface area (Å²) in [7, 11) is 0. The van der Waals surface area contributed by atoms with Gasteiger partial charge in [-0.2, -0.15) is 0 Å². The van der Waals surface area contributed by atoms with E-state index in [0.29, 0.717) is 11.4 Å². The molecule has 6 nitrogen and oxygen atoms in total. The molecule has 0 saturated heterocycles. The fourth-order valence-corrected chi connectivity index (χ4v) is 13.0. The second-order valence-corrected chi connectivity index (χ2v) is 29.8. The Morgan fingerprint density at radius 2 is 0.921 bits per heavy atom. The topological polar surface area (TPSA) is 69.0 Å². The summed E-state index contributed by atoms with van der Waals surface area (Å²) in [6.45, 7) is 36.0. The number of aryl methyl sites for hydroxylation is 1. The number of aromatic nitrogens is 4. The molecule has 1 N–H and O–H groups in total. The van der Waals surface area contributed by atoms with E-state index in [-0.39, 0.29) is 32.8 Å². The minimum atomic E-state index is -0.377. The second kappa shape index (κ2) is 21.2. The van der Waals surface area contributed by atoms with Crippen LogP contribution in [0.25, 0.3) is 123 Å². The molecule has 0 unspecified atom stereocenters. The lowest BCUT2D eigenvalue weighted by Gasteiger charge is -2.28. The average molecular weight is 1170 g/mol. The maximum absolute atomic E-state index is 13.0. The molecule has 3 aromatic heterocycles.